The summed E-state index contributed by atoms with van der Waals surface area (Å²) in [4.78, 5) is 28.2. The monoisotopic (exact) mass is 517 g/mol. The van der Waals surface area contributed by atoms with Gasteiger partial charge in [-0.1, -0.05) is 39.0 Å². The third kappa shape index (κ3) is 3.75. The van der Waals surface area contributed by atoms with Gasteiger partial charge in [-0.15, -0.1) is 0 Å². The molecule has 1 aliphatic carbocycles. The number of phenols is 1. The van der Waals surface area contributed by atoms with E-state index in [0.717, 1.165) is 66.4 Å². The highest BCUT2D eigenvalue weighted by molar-refractivity contribution is 5.83. The first-order chi connectivity index (χ1) is 18.1. The summed E-state index contributed by atoms with van der Waals surface area (Å²) in [5.41, 5.74) is 2.45. The molecule has 1 spiro atoms. The number of nitrogens with one attached hydrogen (secondary N) is 1. The Hall–Kier alpha value is -3.26. The van der Waals surface area contributed by atoms with E-state index >= 15 is 0 Å². The van der Waals surface area contributed by atoms with E-state index in [1.165, 1.54) is 0 Å². The number of aromatic nitrogens is 2. The summed E-state index contributed by atoms with van der Waals surface area (Å²) >= 11 is 0. The number of likely N-dealkylation sites (N-methyl/N-ethyl adjacent to an activating group) is 1. The molecule has 0 bridgehead atoms. The van der Waals surface area contributed by atoms with Crippen molar-refractivity contribution in [2.24, 2.45) is 5.41 Å². The van der Waals surface area contributed by atoms with Gasteiger partial charge in [0.15, 0.2) is 0 Å². The molecule has 0 saturated carbocycles. The molecule has 2 amide bonds. The number of hydrogen-bond donors (Lipinski definition) is 2. The number of hydrogen-bond acceptors (Lipinski definition) is 5. The summed E-state index contributed by atoms with van der Waals surface area (Å²) < 4.78 is 5.70. The SMILES string of the molecule is CCN1C(=O)N2Cc3cc(O)cc(OC)c3C(C)(C)C=C2C12CCN(C[C@@]1(C)C=c3[nH]cnc3=CC1)CC2. The third-order valence-electron chi connectivity index (χ3n) is 9.14. The van der Waals surface area contributed by atoms with Crippen LogP contribution in [0.4, 0.5) is 4.79 Å². The zero-order valence-corrected chi connectivity index (χ0v) is 23.2. The molecule has 2 saturated heterocycles. The van der Waals surface area contributed by atoms with Crippen LogP contribution < -0.4 is 15.4 Å². The number of aromatic hydroxyl groups is 1. The number of nitrogens with zero attached hydrogens (tertiary/aromatic N) is 4. The van der Waals surface area contributed by atoms with Gasteiger partial charge in [0.05, 0.1) is 36.2 Å². The maximum Gasteiger partial charge on any atom is 0.325 e. The Labute approximate surface area is 224 Å². The molecule has 2 fully saturated rings. The van der Waals surface area contributed by atoms with Crippen LogP contribution in [0.25, 0.3) is 12.2 Å². The summed E-state index contributed by atoms with van der Waals surface area (Å²) in [5.74, 6) is 0.829. The van der Waals surface area contributed by atoms with Crippen LogP contribution in [0.1, 0.15) is 58.1 Å². The third-order valence-corrected chi connectivity index (χ3v) is 9.14. The molecule has 3 aliphatic heterocycles. The van der Waals surface area contributed by atoms with Crippen molar-refractivity contribution in [3.05, 3.63) is 52.1 Å². The van der Waals surface area contributed by atoms with Crippen molar-refractivity contribution in [1.29, 1.82) is 0 Å². The van der Waals surface area contributed by atoms with E-state index in [0.29, 0.717) is 18.8 Å². The Kier molecular flexibility index (Phi) is 5.69. The molecule has 4 heterocycles. The second kappa shape index (κ2) is 8.63. The lowest BCUT2D eigenvalue weighted by Crippen LogP contribution is -2.55. The Morgan fingerprint density at radius 2 is 1.92 bits per heavy atom. The van der Waals surface area contributed by atoms with Crippen molar-refractivity contribution in [2.45, 2.75) is 64.5 Å². The number of carbonyl (C=O) groups excluding carboxylic acids is 1. The number of H-pyrrole nitrogens is 1. The standard InChI is InChI=1S/C30H39N5O3/c1-6-35-27(37)34-17-20-13-21(36)14-24(38-5)26(20)28(2,3)16-25(34)30(35)9-11-33(12-10-30)18-29(4)8-7-22-23(15-29)32-19-31-22/h7,13-16,19,36H,6,8-12,17-18H2,1-5H3,(H,31,32)/t29-/m1/s1. The largest absolute Gasteiger partial charge is 0.508 e. The van der Waals surface area contributed by atoms with E-state index in [4.69, 9.17) is 4.74 Å². The van der Waals surface area contributed by atoms with Crippen LogP contribution in [-0.4, -0.2) is 74.6 Å². The first-order valence-electron chi connectivity index (χ1n) is 13.8. The van der Waals surface area contributed by atoms with Crippen LogP contribution in [0.15, 0.2) is 30.2 Å². The van der Waals surface area contributed by atoms with Gasteiger partial charge in [-0.25, -0.2) is 9.78 Å². The van der Waals surface area contributed by atoms with Crippen molar-refractivity contribution in [2.75, 3.05) is 33.3 Å². The van der Waals surface area contributed by atoms with Crippen molar-refractivity contribution in [3.63, 3.8) is 0 Å². The fraction of sp³-hybridized carbons (Fsp3) is 0.533. The van der Waals surface area contributed by atoms with Gasteiger partial charge < -0.3 is 24.6 Å². The zero-order chi connectivity index (χ0) is 26.9. The summed E-state index contributed by atoms with van der Waals surface area (Å²) in [7, 11) is 1.64. The number of ether oxygens (including phenoxy) is 1. The maximum atomic E-state index is 13.9. The number of carbonyl (C=O) groups is 1. The van der Waals surface area contributed by atoms with Crippen LogP contribution >= 0.6 is 0 Å². The van der Waals surface area contributed by atoms with E-state index in [2.05, 4.69) is 65.7 Å². The highest BCUT2D eigenvalue weighted by Crippen LogP contribution is 2.50. The van der Waals surface area contributed by atoms with E-state index in [9.17, 15) is 9.90 Å². The Balaban J connectivity index is 1.31. The Morgan fingerprint density at radius 3 is 2.63 bits per heavy atom. The topological polar surface area (TPSA) is 84.9 Å². The smallest absolute Gasteiger partial charge is 0.325 e. The first-order valence-corrected chi connectivity index (χ1v) is 13.8. The number of rotatable bonds is 4. The average Bonchev–Trinajstić information content (AvgIpc) is 3.36. The highest BCUT2D eigenvalue weighted by atomic mass is 16.5. The van der Waals surface area contributed by atoms with E-state index in [1.807, 2.05) is 4.90 Å². The number of fused-ring (bicyclic) bond motifs is 4. The lowest BCUT2D eigenvalue weighted by atomic mass is 9.76. The van der Waals surface area contributed by atoms with Gasteiger partial charge in [-0.05, 0) is 37.8 Å². The summed E-state index contributed by atoms with van der Waals surface area (Å²) in [6.07, 6.45) is 11.4. The normalized spacial score (nSPS) is 25.6. The number of allylic oxidation sites excluding steroid dienone is 1. The van der Waals surface area contributed by atoms with Gasteiger partial charge in [0.2, 0.25) is 0 Å². The quantitative estimate of drug-likeness (QED) is 0.651. The minimum Gasteiger partial charge on any atom is -0.508 e. The van der Waals surface area contributed by atoms with Gasteiger partial charge >= 0.3 is 6.03 Å². The number of urea groups is 1. The Morgan fingerprint density at radius 1 is 1.16 bits per heavy atom. The molecule has 0 radical (unpaired) electrons. The van der Waals surface area contributed by atoms with Crippen LogP contribution in [0.5, 0.6) is 11.5 Å². The molecular formula is C30H39N5O3. The molecule has 2 aromatic rings. The molecule has 1 aromatic heterocycles. The van der Waals surface area contributed by atoms with Crippen molar-refractivity contribution >= 4 is 18.2 Å². The van der Waals surface area contributed by atoms with Crippen LogP contribution in [0.3, 0.4) is 0 Å². The van der Waals surface area contributed by atoms with E-state index < -0.39 is 0 Å². The number of phenolic OH excluding ortho intramolecular Hbond substituents is 1. The first kappa shape index (κ1) is 25.0. The molecule has 38 heavy (non-hydrogen) atoms. The summed E-state index contributed by atoms with van der Waals surface area (Å²) in [5, 5.41) is 12.6. The molecule has 1 atom stereocenters. The van der Waals surface area contributed by atoms with Crippen LogP contribution in [-0.2, 0) is 12.0 Å². The van der Waals surface area contributed by atoms with Gasteiger partial charge in [0.1, 0.15) is 11.5 Å². The average molecular weight is 518 g/mol. The molecule has 8 heteroatoms. The highest BCUT2D eigenvalue weighted by Gasteiger charge is 2.55. The van der Waals surface area contributed by atoms with Crippen molar-refractivity contribution in [3.8, 4) is 11.5 Å². The van der Waals surface area contributed by atoms with E-state index in [1.54, 1.807) is 25.6 Å². The van der Waals surface area contributed by atoms with Gasteiger partial charge in [-0.2, -0.15) is 0 Å². The summed E-state index contributed by atoms with van der Waals surface area (Å²) in [6, 6.07) is 3.53. The van der Waals surface area contributed by atoms with Gasteiger partial charge in [0.25, 0.3) is 0 Å². The maximum absolute atomic E-state index is 13.9. The molecule has 2 N–H and O–H groups in total. The van der Waals surface area contributed by atoms with Crippen molar-refractivity contribution < 1.29 is 14.6 Å². The lowest BCUT2D eigenvalue weighted by Gasteiger charge is -2.46. The minimum absolute atomic E-state index is 0.0514. The number of amides is 2. The fourth-order valence-electron chi connectivity index (χ4n) is 7.44. The molecular weight excluding hydrogens is 478 g/mol. The van der Waals surface area contributed by atoms with Crippen molar-refractivity contribution in [1.82, 2.24) is 24.7 Å². The molecule has 202 valence electrons. The molecule has 4 aliphatic rings. The minimum atomic E-state index is -0.366. The van der Waals surface area contributed by atoms with Gasteiger partial charge in [0, 0.05) is 54.3 Å². The van der Waals surface area contributed by atoms with Gasteiger partial charge in [-0.3, -0.25) is 4.90 Å². The number of imidazole rings is 1. The molecule has 8 nitrogen and oxygen atoms in total. The number of likely N-dealkylation sites (tertiary alicyclic amines) is 1. The number of benzene rings is 1. The Bertz CT molecular complexity index is 1430. The predicted molar refractivity (Wildman–Crippen MR) is 147 cm³/mol. The predicted octanol–water partition coefficient (Wildman–Crippen LogP) is 3.06. The number of piperidine rings is 1. The molecule has 6 rings (SSSR count). The van der Waals surface area contributed by atoms with Crippen LogP contribution in [0.2, 0.25) is 0 Å². The molecule has 0 unspecified atom stereocenters. The van der Waals surface area contributed by atoms with E-state index in [-0.39, 0.29) is 28.1 Å². The fourth-order valence-corrected chi connectivity index (χ4v) is 7.44. The number of methoxy groups -OCH3 is 1. The lowest BCUT2D eigenvalue weighted by molar-refractivity contribution is 0.0789. The zero-order valence-electron chi connectivity index (χ0n) is 23.2. The second-order valence-corrected chi connectivity index (χ2v) is 12.3. The second-order valence-electron chi connectivity index (χ2n) is 12.3. The molecule has 1 aromatic carbocycles. The van der Waals surface area contributed by atoms with Crippen LogP contribution in [0, 0.1) is 5.41 Å². The number of aromatic amines is 1. The summed E-state index contributed by atoms with van der Waals surface area (Å²) in [6.45, 7) is 12.7.